The van der Waals surface area contributed by atoms with Crippen molar-refractivity contribution in [3.05, 3.63) is 40.1 Å². The van der Waals surface area contributed by atoms with Gasteiger partial charge in [0.15, 0.2) is 5.69 Å². The number of aromatic nitrogens is 4. The molecule has 0 aliphatic heterocycles. The van der Waals surface area contributed by atoms with Gasteiger partial charge < -0.3 is 4.98 Å². The van der Waals surface area contributed by atoms with Gasteiger partial charge >= 0.3 is 6.18 Å². The van der Waals surface area contributed by atoms with E-state index in [1.807, 2.05) is 0 Å². The number of hydrogen-bond donors (Lipinski definition) is 1. The van der Waals surface area contributed by atoms with Gasteiger partial charge in [0.2, 0.25) is 5.95 Å². The van der Waals surface area contributed by atoms with Crippen molar-refractivity contribution in [3.8, 4) is 5.95 Å². The lowest BCUT2D eigenvalue weighted by Crippen LogP contribution is -2.07. The van der Waals surface area contributed by atoms with Crippen molar-refractivity contribution in [1.82, 2.24) is 19.7 Å². The number of alkyl halides is 3. The molecule has 0 saturated heterocycles. The van der Waals surface area contributed by atoms with Crippen LogP contribution in [-0.2, 0) is 6.18 Å². The molecule has 2 heterocycles. The molecule has 0 unspecified atom stereocenters. The molecule has 0 aliphatic carbocycles. The molecular formula is C11H5Cl2F3N4. The number of benzene rings is 1. The summed E-state index contributed by atoms with van der Waals surface area (Å²) >= 11 is 11.7. The maximum atomic E-state index is 12.5. The second-order valence-corrected chi connectivity index (χ2v) is 4.80. The Labute approximate surface area is 120 Å². The molecule has 0 aliphatic rings. The maximum Gasteiger partial charge on any atom is 0.435 e. The summed E-state index contributed by atoms with van der Waals surface area (Å²) < 4.78 is 38.5. The monoisotopic (exact) mass is 320 g/mol. The Kier molecular flexibility index (Phi) is 2.91. The van der Waals surface area contributed by atoms with E-state index in [2.05, 4.69) is 15.1 Å². The summed E-state index contributed by atoms with van der Waals surface area (Å²) in [6.45, 7) is 0. The largest absolute Gasteiger partial charge is 0.435 e. The number of H-pyrrole nitrogens is 1. The molecule has 0 saturated carbocycles. The van der Waals surface area contributed by atoms with Crippen LogP contribution in [-0.4, -0.2) is 19.7 Å². The summed E-state index contributed by atoms with van der Waals surface area (Å²) in [7, 11) is 0. The average molecular weight is 321 g/mol. The van der Waals surface area contributed by atoms with Crippen molar-refractivity contribution < 1.29 is 13.2 Å². The van der Waals surface area contributed by atoms with Gasteiger partial charge in [0, 0.05) is 6.20 Å². The minimum Gasteiger partial charge on any atom is -0.322 e. The van der Waals surface area contributed by atoms with Crippen LogP contribution < -0.4 is 0 Å². The molecule has 3 rings (SSSR count). The minimum absolute atomic E-state index is 0.147. The fourth-order valence-corrected chi connectivity index (χ4v) is 2.01. The predicted octanol–water partition coefficient (Wildman–Crippen LogP) is 4.07. The molecule has 0 fully saturated rings. The van der Waals surface area contributed by atoms with Crippen LogP contribution in [0.3, 0.4) is 0 Å². The zero-order chi connectivity index (χ0) is 14.5. The normalized spacial score (nSPS) is 12.2. The fraction of sp³-hybridized carbons (Fsp3) is 0.0909. The van der Waals surface area contributed by atoms with E-state index < -0.39 is 11.9 Å². The van der Waals surface area contributed by atoms with E-state index in [4.69, 9.17) is 23.2 Å². The third-order valence-electron chi connectivity index (χ3n) is 2.61. The summed E-state index contributed by atoms with van der Waals surface area (Å²) in [5.41, 5.74) is 0.0472. The van der Waals surface area contributed by atoms with Crippen molar-refractivity contribution in [2.24, 2.45) is 0 Å². The Morgan fingerprint density at radius 3 is 2.50 bits per heavy atom. The molecule has 0 atom stereocenters. The molecule has 3 aromatic rings. The standard InChI is InChI=1S/C11H5Cl2F3N4/c12-5-3-7-8(4-6(5)13)18-10(17-7)20-2-1-9(19-20)11(14,15)16/h1-4H,(H,17,18). The van der Waals surface area contributed by atoms with Crippen LogP contribution in [0.2, 0.25) is 10.0 Å². The van der Waals surface area contributed by atoms with Gasteiger partial charge in [-0.1, -0.05) is 23.2 Å². The quantitative estimate of drug-likeness (QED) is 0.734. The van der Waals surface area contributed by atoms with Crippen LogP contribution in [0.25, 0.3) is 17.0 Å². The smallest absolute Gasteiger partial charge is 0.322 e. The number of fused-ring (bicyclic) bond motifs is 1. The van der Waals surface area contributed by atoms with E-state index in [-0.39, 0.29) is 5.95 Å². The number of nitrogens with one attached hydrogen (secondary N) is 1. The SMILES string of the molecule is FC(F)(F)c1ccn(-c2nc3cc(Cl)c(Cl)cc3[nH]2)n1. The molecule has 0 amide bonds. The second kappa shape index (κ2) is 4.39. The highest BCUT2D eigenvalue weighted by atomic mass is 35.5. The Bertz CT molecular complexity index is 752. The van der Waals surface area contributed by atoms with Crippen molar-refractivity contribution in [1.29, 1.82) is 0 Å². The Hall–Kier alpha value is -1.73. The molecule has 104 valence electrons. The molecule has 1 N–H and O–H groups in total. The predicted molar refractivity (Wildman–Crippen MR) is 68.2 cm³/mol. The fourth-order valence-electron chi connectivity index (χ4n) is 1.69. The van der Waals surface area contributed by atoms with Crippen LogP contribution in [0.4, 0.5) is 13.2 Å². The molecule has 2 aromatic heterocycles. The highest BCUT2D eigenvalue weighted by Crippen LogP contribution is 2.29. The highest BCUT2D eigenvalue weighted by molar-refractivity contribution is 6.42. The number of imidazole rings is 1. The van der Waals surface area contributed by atoms with Crippen molar-refractivity contribution in [2.75, 3.05) is 0 Å². The summed E-state index contributed by atoms with van der Waals surface area (Å²) in [6, 6.07) is 3.93. The van der Waals surface area contributed by atoms with Gasteiger partial charge in [0.25, 0.3) is 0 Å². The van der Waals surface area contributed by atoms with Crippen LogP contribution >= 0.6 is 23.2 Å². The number of nitrogens with zero attached hydrogens (tertiary/aromatic N) is 3. The third kappa shape index (κ3) is 2.23. The maximum absolute atomic E-state index is 12.5. The number of rotatable bonds is 1. The van der Waals surface area contributed by atoms with Crippen LogP contribution in [0, 0.1) is 0 Å². The van der Waals surface area contributed by atoms with Gasteiger partial charge in [-0.15, -0.1) is 0 Å². The lowest BCUT2D eigenvalue weighted by molar-refractivity contribution is -0.141. The first-order chi connectivity index (χ1) is 9.34. The molecule has 4 nitrogen and oxygen atoms in total. The lowest BCUT2D eigenvalue weighted by Gasteiger charge is -2.00. The van der Waals surface area contributed by atoms with E-state index in [0.717, 1.165) is 10.7 Å². The van der Waals surface area contributed by atoms with E-state index in [1.54, 1.807) is 6.07 Å². The Morgan fingerprint density at radius 2 is 1.85 bits per heavy atom. The third-order valence-corrected chi connectivity index (χ3v) is 3.33. The zero-order valence-corrected chi connectivity index (χ0v) is 11.1. The molecule has 9 heteroatoms. The summed E-state index contributed by atoms with van der Waals surface area (Å²) in [4.78, 5) is 6.94. The van der Waals surface area contributed by atoms with Gasteiger partial charge in [-0.25, -0.2) is 9.67 Å². The first-order valence-electron chi connectivity index (χ1n) is 5.32. The van der Waals surface area contributed by atoms with Crippen molar-refractivity contribution >= 4 is 34.2 Å². The van der Waals surface area contributed by atoms with Gasteiger partial charge in [-0.05, 0) is 18.2 Å². The van der Waals surface area contributed by atoms with Crippen LogP contribution in [0.1, 0.15) is 5.69 Å². The molecule has 0 bridgehead atoms. The first-order valence-corrected chi connectivity index (χ1v) is 6.08. The molecule has 20 heavy (non-hydrogen) atoms. The zero-order valence-electron chi connectivity index (χ0n) is 9.54. The highest BCUT2D eigenvalue weighted by Gasteiger charge is 2.33. The topological polar surface area (TPSA) is 46.5 Å². The van der Waals surface area contributed by atoms with Gasteiger partial charge in [0.1, 0.15) is 0 Å². The van der Waals surface area contributed by atoms with E-state index in [9.17, 15) is 13.2 Å². The van der Waals surface area contributed by atoms with Gasteiger partial charge in [0.05, 0.1) is 21.1 Å². The average Bonchev–Trinajstić information content (AvgIpc) is 2.94. The summed E-state index contributed by atoms with van der Waals surface area (Å²) in [5, 5.41) is 4.06. The van der Waals surface area contributed by atoms with E-state index in [0.29, 0.717) is 21.1 Å². The van der Waals surface area contributed by atoms with Gasteiger partial charge in [-0.2, -0.15) is 18.3 Å². The Morgan fingerprint density at radius 1 is 1.15 bits per heavy atom. The van der Waals surface area contributed by atoms with E-state index >= 15 is 0 Å². The number of halogens is 5. The van der Waals surface area contributed by atoms with Crippen LogP contribution in [0.5, 0.6) is 0 Å². The molecule has 0 radical (unpaired) electrons. The number of hydrogen-bond acceptors (Lipinski definition) is 2. The second-order valence-electron chi connectivity index (χ2n) is 3.99. The van der Waals surface area contributed by atoms with Crippen LogP contribution in [0.15, 0.2) is 24.4 Å². The van der Waals surface area contributed by atoms with Gasteiger partial charge in [-0.3, -0.25) is 0 Å². The summed E-state index contributed by atoms with van der Waals surface area (Å²) in [6.07, 6.45) is -3.33. The number of aromatic amines is 1. The Balaban J connectivity index is 2.08. The first kappa shape index (κ1) is 13.3. The van der Waals surface area contributed by atoms with Crippen molar-refractivity contribution in [3.63, 3.8) is 0 Å². The summed E-state index contributed by atoms with van der Waals surface area (Å²) in [5.74, 6) is 0.147. The van der Waals surface area contributed by atoms with Crippen molar-refractivity contribution in [2.45, 2.75) is 6.18 Å². The van der Waals surface area contributed by atoms with E-state index in [1.165, 1.54) is 12.3 Å². The molecule has 1 aromatic carbocycles. The lowest BCUT2D eigenvalue weighted by atomic mass is 10.3. The minimum atomic E-state index is -4.50. The molecular weight excluding hydrogens is 316 g/mol. The molecule has 0 spiro atoms.